The van der Waals surface area contributed by atoms with Crippen LogP contribution in [0.2, 0.25) is 0 Å². The van der Waals surface area contributed by atoms with Crippen LogP contribution in [0.1, 0.15) is 35.7 Å². The minimum absolute atomic E-state index is 0.0515. The van der Waals surface area contributed by atoms with Gasteiger partial charge in [0.25, 0.3) is 11.6 Å². The smallest absolute Gasteiger partial charge is 0.270 e. The molecular weight excluding hydrogens is 346 g/mol. The highest BCUT2D eigenvalue weighted by Crippen LogP contribution is 2.23. The zero-order chi connectivity index (χ0) is 19.4. The van der Waals surface area contributed by atoms with Crippen molar-refractivity contribution in [2.24, 2.45) is 0 Å². The number of amides is 1. The van der Waals surface area contributed by atoms with Crippen LogP contribution in [0.15, 0.2) is 48.7 Å². The number of ether oxygens (including phenoxy) is 1. The molecular formula is C20H21N3O4. The van der Waals surface area contributed by atoms with Crippen LogP contribution in [-0.2, 0) is 0 Å². The largest absolute Gasteiger partial charge is 0.492 e. The number of carbonyl (C=O) groups is 1. The van der Waals surface area contributed by atoms with Gasteiger partial charge >= 0.3 is 0 Å². The molecule has 1 amide bonds. The Balaban J connectivity index is 1.57. The lowest BCUT2D eigenvalue weighted by Crippen LogP contribution is -2.27. The van der Waals surface area contributed by atoms with E-state index in [4.69, 9.17) is 4.74 Å². The lowest BCUT2D eigenvalue weighted by Gasteiger charge is -2.09. The van der Waals surface area contributed by atoms with E-state index in [0.29, 0.717) is 35.5 Å². The van der Waals surface area contributed by atoms with Crippen LogP contribution in [0.5, 0.6) is 5.75 Å². The monoisotopic (exact) mass is 367 g/mol. The highest BCUT2D eigenvalue weighted by molar-refractivity contribution is 6.07. The molecule has 7 heteroatoms. The van der Waals surface area contributed by atoms with Crippen molar-refractivity contribution >= 4 is 22.5 Å². The maximum Gasteiger partial charge on any atom is 0.270 e. The highest BCUT2D eigenvalue weighted by atomic mass is 16.6. The molecule has 0 fully saturated rings. The Bertz CT molecular complexity index is 961. The van der Waals surface area contributed by atoms with Crippen molar-refractivity contribution in [3.63, 3.8) is 0 Å². The maximum atomic E-state index is 12.4. The normalized spacial score (nSPS) is 10.9. The summed E-state index contributed by atoms with van der Waals surface area (Å²) < 4.78 is 5.63. The van der Waals surface area contributed by atoms with Gasteiger partial charge in [-0.25, -0.2) is 0 Å². The van der Waals surface area contributed by atoms with Gasteiger partial charge < -0.3 is 15.0 Å². The predicted octanol–water partition coefficient (Wildman–Crippen LogP) is 4.01. The van der Waals surface area contributed by atoms with Gasteiger partial charge in [-0.3, -0.25) is 14.9 Å². The number of nitrogens with zero attached hydrogens (tertiary/aromatic N) is 1. The van der Waals surface area contributed by atoms with Crippen LogP contribution in [0.3, 0.4) is 0 Å². The van der Waals surface area contributed by atoms with Crippen molar-refractivity contribution < 1.29 is 14.5 Å². The molecule has 0 aliphatic carbocycles. The Morgan fingerprint density at radius 3 is 2.63 bits per heavy atom. The van der Waals surface area contributed by atoms with Crippen molar-refractivity contribution in [2.75, 3.05) is 13.2 Å². The summed E-state index contributed by atoms with van der Waals surface area (Å²) in [6.45, 7) is 4.91. The highest BCUT2D eigenvalue weighted by Gasteiger charge is 2.15. The van der Waals surface area contributed by atoms with Gasteiger partial charge in [-0.1, -0.05) is 26.0 Å². The molecule has 2 aromatic carbocycles. The second-order valence-corrected chi connectivity index (χ2v) is 6.52. The van der Waals surface area contributed by atoms with E-state index in [2.05, 4.69) is 24.1 Å². The molecule has 0 atom stereocenters. The molecule has 0 radical (unpaired) electrons. The van der Waals surface area contributed by atoms with Gasteiger partial charge in [-0.15, -0.1) is 0 Å². The molecule has 0 bridgehead atoms. The fourth-order valence-electron chi connectivity index (χ4n) is 2.79. The summed E-state index contributed by atoms with van der Waals surface area (Å²) in [5.74, 6) is 0.905. The Hall–Kier alpha value is -3.35. The second kappa shape index (κ2) is 7.90. The molecule has 3 rings (SSSR count). The van der Waals surface area contributed by atoms with Gasteiger partial charge in [0.15, 0.2) is 0 Å². The lowest BCUT2D eigenvalue weighted by molar-refractivity contribution is -0.384. The third-order valence-corrected chi connectivity index (χ3v) is 4.32. The standard InChI is InChI=1S/C20H21N3O4/c1-13(2)14-3-6-16(7-4-14)27-10-9-21-20(24)18-12-22-19-8-5-15(23(25)26)11-17(18)19/h3-8,11-13,22H,9-10H2,1-2H3,(H,21,24). The number of nitro groups is 1. The summed E-state index contributed by atoms with van der Waals surface area (Å²) in [4.78, 5) is 25.8. The average Bonchev–Trinajstić information content (AvgIpc) is 3.08. The van der Waals surface area contributed by atoms with E-state index in [1.165, 1.54) is 17.7 Å². The van der Waals surface area contributed by atoms with Gasteiger partial charge in [-0.2, -0.15) is 0 Å². The van der Waals surface area contributed by atoms with Gasteiger partial charge in [0.2, 0.25) is 0 Å². The van der Waals surface area contributed by atoms with Crippen molar-refractivity contribution in [1.29, 1.82) is 0 Å². The molecule has 0 unspecified atom stereocenters. The van der Waals surface area contributed by atoms with E-state index in [1.54, 1.807) is 12.3 Å². The average molecular weight is 367 g/mol. The zero-order valence-corrected chi connectivity index (χ0v) is 15.2. The molecule has 0 saturated carbocycles. The minimum Gasteiger partial charge on any atom is -0.492 e. The number of rotatable bonds is 7. The van der Waals surface area contributed by atoms with Gasteiger partial charge in [0.1, 0.15) is 12.4 Å². The molecule has 0 spiro atoms. The maximum absolute atomic E-state index is 12.4. The molecule has 2 N–H and O–H groups in total. The van der Waals surface area contributed by atoms with Gasteiger partial charge in [0.05, 0.1) is 17.0 Å². The van der Waals surface area contributed by atoms with E-state index in [-0.39, 0.29) is 11.6 Å². The molecule has 3 aromatic rings. The molecule has 0 aliphatic heterocycles. The molecule has 140 valence electrons. The molecule has 7 nitrogen and oxygen atoms in total. The molecule has 0 aliphatic rings. The third-order valence-electron chi connectivity index (χ3n) is 4.32. The van der Waals surface area contributed by atoms with Crippen molar-refractivity contribution in [3.8, 4) is 5.75 Å². The van der Waals surface area contributed by atoms with Crippen LogP contribution in [-0.4, -0.2) is 29.0 Å². The van der Waals surface area contributed by atoms with E-state index >= 15 is 0 Å². The number of nitro benzene ring substituents is 1. The molecule has 1 heterocycles. The van der Waals surface area contributed by atoms with Gasteiger partial charge in [-0.05, 0) is 29.7 Å². The van der Waals surface area contributed by atoms with Crippen LogP contribution in [0.25, 0.3) is 10.9 Å². The number of fused-ring (bicyclic) bond motifs is 1. The first kappa shape index (κ1) is 18.4. The Morgan fingerprint density at radius 2 is 1.96 bits per heavy atom. The summed E-state index contributed by atoms with van der Waals surface area (Å²) in [6, 6.07) is 12.3. The molecule has 0 saturated heterocycles. The fourth-order valence-corrected chi connectivity index (χ4v) is 2.79. The third kappa shape index (κ3) is 4.25. The lowest BCUT2D eigenvalue weighted by atomic mass is 10.0. The summed E-state index contributed by atoms with van der Waals surface area (Å²) in [5, 5.41) is 14.2. The van der Waals surface area contributed by atoms with Crippen molar-refractivity contribution in [2.45, 2.75) is 19.8 Å². The fraction of sp³-hybridized carbons (Fsp3) is 0.250. The van der Waals surface area contributed by atoms with E-state index < -0.39 is 4.92 Å². The quantitative estimate of drug-likeness (QED) is 0.374. The van der Waals surface area contributed by atoms with E-state index in [0.717, 1.165) is 5.75 Å². The second-order valence-electron chi connectivity index (χ2n) is 6.52. The summed E-state index contributed by atoms with van der Waals surface area (Å²) >= 11 is 0. The van der Waals surface area contributed by atoms with Crippen molar-refractivity contribution in [3.05, 3.63) is 69.9 Å². The zero-order valence-electron chi connectivity index (χ0n) is 15.2. The number of hydrogen-bond donors (Lipinski definition) is 2. The number of aromatic nitrogens is 1. The Kier molecular flexibility index (Phi) is 5.40. The van der Waals surface area contributed by atoms with Crippen LogP contribution in [0, 0.1) is 10.1 Å². The first-order valence-corrected chi connectivity index (χ1v) is 8.72. The SMILES string of the molecule is CC(C)c1ccc(OCCNC(=O)c2c[nH]c3ccc([N+](=O)[O-])cc23)cc1. The number of H-pyrrole nitrogens is 1. The summed E-state index contributed by atoms with van der Waals surface area (Å²) in [6.07, 6.45) is 1.55. The predicted molar refractivity (Wildman–Crippen MR) is 103 cm³/mol. The Labute approximate surface area is 156 Å². The van der Waals surface area contributed by atoms with Crippen LogP contribution in [0.4, 0.5) is 5.69 Å². The van der Waals surface area contributed by atoms with Crippen molar-refractivity contribution in [1.82, 2.24) is 10.3 Å². The van der Waals surface area contributed by atoms with Gasteiger partial charge in [0, 0.05) is 29.2 Å². The van der Waals surface area contributed by atoms with Crippen LogP contribution < -0.4 is 10.1 Å². The number of nitrogens with one attached hydrogen (secondary N) is 2. The number of benzene rings is 2. The topological polar surface area (TPSA) is 97.3 Å². The first-order chi connectivity index (χ1) is 13.0. The summed E-state index contributed by atoms with van der Waals surface area (Å²) in [7, 11) is 0. The molecule has 27 heavy (non-hydrogen) atoms. The van der Waals surface area contributed by atoms with E-state index in [1.807, 2.05) is 24.3 Å². The number of hydrogen-bond acceptors (Lipinski definition) is 4. The Morgan fingerprint density at radius 1 is 1.22 bits per heavy atom. The molecule has 1 aromatic heterocycles. The van der Waals surface area contributed by atoms with Crippen LogP contribution >= 0.6 is 0 Å². The first-order valence-electron chi connectivity index (χ1n) is 8.72. The number of carbonyl (C=O) groups excluding carboxylic acids is 1. The summed E-state index contributed by atoms with van der Waals surface area (Å²) in [5.41, 5.74) is 2.23. The minimum atomic E-state index is -0.480. The van der Waals surface area contributed by atoms with E-state index in [9.17, 15) is 14.9 Å². The number of non-ortho nitro benzene ring substituents is 1. The number of aromatic amines is 1.